The number of aryl methyl sites for hydroxylation is 1. The van der Waals surface area contributed by atoms with Gasteiger partial charge in [0.25, 0.3) is 0 Å². The Hall–Kier alpha value is -2.66. The highest BCUT2D eigenvalue weighted by Gasteiger charge is 2.23. The molecule has 2 aromatic carbocycles. The molecule has 3 aromatic rings. The van der Waals surface area contributed by atoms with Crippen molar-refractivity contribution >= 4 is 16.7 Å². The van der Waals surface area contributed by atoms with Crippen molar-refractivity contribution in [2.45, 2.75) is 19.9 Å². The molecule has 1 saturated heterocycles. The lowest BCUT2D eigenvalue weighted by Gasteiger charge is -2.33. The molecule has 0 amide bonds. The van der Waals surface area contributed by atoms with Crippen molar-refractivity contribution < 1.29 is 13.7 Å². The summed E-state index contributed by atoms with van der Waals surface area (Å²) < 4.78 is 19.4. The molecule has 0 saturated carbocycles. The summed E-state index contributed by atoms with van der Waals surface area (Å²) in [7, 11) is 0. The third kappa shape index (κ3) is 3.74. The largest absolute Gasteiger partial charge is 0.423 e. The lowest BCUT2D eigenvalue weighted by atomic mass is 10.0. The predicted molar refractivity (Wildman–Crippen MR) is 105 cm³/mol. The predicted octanol–water partition coefficient (Wildman–Crippen LogP) is 2.40. The molecule has 1 aliphatic heterocycles. The average molecular weight is 367 g/mol. The van der Waals surface area contributed by atoms with E-state index in [1.165, 1.54) is 16.5 Å². The van der Waals surface area contributed by atoms with Gasteiger partial charge >= 0.3 is 5.63 Å². The van der Waals surface area contributed by atoms with Crippen LogP contribution in [0, 0.1) is 5.82 Å². The van der Waals surface area contributed by atoms with E-state index in [9.17, 15) is 9.18 Å². The van der Waals surface area contributed by atoms with Crippen LogP contribution in [0.5, 0.6) is 0 Å². The van der Waals surface area contributed by atoms with Crippen LogP contribution in [-0.4, -0.2) is 26.2 Å². The smallest absolute Gasteiger partial charge is 0.336 e. The zero-order valence-corrected chi connectivity index (χ0v) is 15.5. The van der Waals surface area contributed by atoms with Crippen LogP contribution in [0.1, 0.15) is 18.1 Å². The monoisotopic (exact) mass is 367 g/mol. The second kappa shape index (κ2) is 7.53. The number of anilines is 1. The molecule has 0 unspecified atom stereocenters. The van der Waals surface area contributed by atoms with E-state index in [0.717, 1.165) is 50.1 Å². The van der Waals surface area contributed by atoms with Crippen LogP contribution in [0.3, 0.4) is 0 Å². The molecule has 1 N–H and O–H groups in total. The molecule has 0 aliphatic carbocycles. The summed E-state index contributed by atoms with van der Waals surface area (Å²) in [6.45, 7) is 6.31. The molecule has 1 aromatic heterocycles. The molecule has 27 heavy (non-hydrogen) atoms. The van der Waals surface area contributed by atoms with Crippen LogP contribution in [0.25, 0.3) is 11.0 Å². The molecule has 1 aliphatic rings. The number of halogens is 1. The number of piperazine rings is 1. The molecule has 0 spiro atoms. The van der Waals surface area contributed by atoms with Crippen molar-refractivity contribution in [3.63, 3.8) is 0 Å². The summed E-state index contributed by atoms with van der Waals surface area (Å²) in [5, 5.41) is 1.03. The molecular weight excluding hydrogens is 343 g/mol. The highest BCUT2D eigenvalue weighted by Crippen LogP contribution is 2.20. The van der Waals surface area contributed by atoms with E-state index in [-0.39, 0.29) is 11.4 Å². The lowest BCUT2D eigenvalue weighted by Crippen LogP contribution is -3.13. The van der Waals surface area contributed by atoms with Gasteiger partial charge in [-0.1, -0.05) is 25.1 Å². The van der Waals surface area contributed by atoms with Crippen molar-refractivity contribution in [2.75, 3.05) is 31.1 Å². The van der Waals surface area contributed by atoms with Crippen molar-refractivity contribution in [1.82, 2.24) is 0 Å². The average Bonchev–Trinajstić information content (AvgIpc) is 2.69. The first-order valence-corrected chi connectivity index (χ1v) is 9.53. The number of para-hydroxylation sites is 1. The van der Waals surface area contributed by atoms with Gasteiger partial charge in [0.2, 0.25) is 0 Å². The molecule has 140 valence electrons. The molecule has 4 rings (SSSR count). The fraction of sp³-hybridized carbons (Fsp3) is 0.318. The molecule has 0 atom stereocenters. The van der Waals surface area contributed by atoms with E-state index in [1.807, 2.05) is 24.3 Å². The van der Waals surface area contributed by atoms with Gasteiger partial charge in [-0.2, -0.15) is 0 Å². The number of quaternary nitrogens is 1. The van der Waals surface area contributed by atoms with E-state index in [0.29, 0.717) is 11.3 Å². The molecule has 4 nitrogen and oxygen atoms in total. The van der Waals surface area contributed by atoms with E-state index in [1.54, 1.807) is 12.1 Å². The van der Waals surface area contributed by atoms with Gasteiger partial charge in [-0.15, -0.1) is 0 Å². The van der Waals surface area contributed by atoms with Crippen molar-refractivity contribution in [3.05, 3.63) is 75.9 Å². The Morgan fingerprint density at radius 1 is 1.11 bits per heavy atom. The highest BCUT2D eigenvalue weighted by molar-refractivity contribution is 5.80. The minimum Gasteiger partial charge on any atom is -0.423 e. The fourth-order valence-corrected chi connectivity index (χ4v) is 3.86. The Labute approximate surface area is 157 Å². The lowest BCUT2D eigenvalue weighted by molar-refractivity contribution is -0.914. The summed E-state index contributed by atoms with van der Waals surface area (Å²) >= 11 is 0. The molecule has 5 heteroatoms. The fourth-order valence-electron chi connectivity index (χ4n) is 3.86. The van der Waals surface area contributed by atoms with Gasteiger partial charge in [-0.3, -0.25) is 0 Å². The maximum Gasteiger partial charge on any atom is 0.336 e. The first kappa shape index (κ1) is 17.7. The van der Waals surface area contributed by atoms with Crippen LogP contribution in [-0.2, 0) is 13.0 Å². The van der Waals surface area contributed by atoms with Gasteiger partial charge in [-0.25, -0.2) is 9.18 Å². The third-order valence-electron chi connectivity index (χ3n) is 5.40. The normalized spacial score (nSPS) is 15.4. The van der Waals surface area contributed by atoms with Gasteiger partial charge in [0.15, 0.2) is 0 Å². The number of benzene rings is 2. The zero-order valence-electron chi connectivity index (χ0n) is 15.5. The standard InChI is InChI=1S/C22H23FN2O2/c1-2-16-7-8-21-18(13-16)17(14-22(26)27-21)15-24-9-11-25(12-10-24)20-6-4-3-5-19(20)23/h3-8,13-14H,2,9-12,15H2,1H3/p+1. The van der Waals surface area contributed by atoms with E-state index in [2.05, 4.69) is 17.9 Å². The number of fused-ring (bicyclic) bond motifs is 1. The zero-order chi connectivity index (χ0) is 18.8. The van der Waals surface area contributed by atoms with Crippen molar-refractivity contribution in [3.8, 4) is 0 Å². The van der Waals surface area contributed by atoms with Crippen molar-refractivity contribution in [2.24, 2.45) is 0 Å². The molecule has 1 fully saturated rings. The Kier molecular flexibility index (Phi) is 4.94. The van der Waals surface area contributed by atoms with Gasteiger partial charge in [0.05, 0.1) is 31.9 Å². The molecule has 2 heterocycles. The quantitative estimate of drug-likeness (QED) is 0.720. The van der Waals surface area contributed by atoms with Gasteiger partial charge in [0, 0.05) is 17.0 Å². The number of hydrogen-bond donors (Lipinski definition) is 1. The molecule has 0 radical (unpaired) electrons. The number of nitrogens with zero attached hydrogens (tertiary/aromatic N) is 1. The maximum atomic E-state index is 14.0. The Morgan fingerprint density at radius 3 is 2.63 bits per heavy atom. The van der Waals surface area contributed by atoms with Crippen molar-refractivity contribution in [1.29, 1.82) is 0 Å². The van der Waals surface area contributed by atoms with E-state index >= 15 is 0 Å². The minimum atomic E-state index is -0.300. The van der Waals surface area contributed by atoms with Gasteiger partial charge < -0.3 is 14.2 Å². The van der Waals surface area contributed by atoms with Gasteiger partial charge in [-0.05, 0) is 36.2 Å². The number of rotatable bonds is 4. The third-order valence-corrected chi connectivity index (χ3v) is 5.40. The van der Waals surface area contributed by atoms with Crippen LogP contribution in [0.2, 0.25) is 0 Å². The van der Waals surface area contributed by atoms with Crippen LogP contribution < -0.4 is 15.4 Å². The van der Waals surface area contributed by atoms with E-state index in [4.69, 9.17) is 4.42 Å². The first-order chi connectivity index (χ1) is 13.1. The van der Waals surface area contributed by atoms with Crippen LogP contribution in [0.4, 0.5) is 10.1 Å². The summed E-state index contributed by atoms with van der Waals surface area (Å²) in [6, 6.07) is 14.6. The topological polar surface area (TPSA) is 37.9 Å². The maximum absolute atomic E-state index is 14.0. The number of nitrogens with one attached hydrogen (secondary N) is 1. The minimum absolute atomic E-state index is 0.167. The van der Waals surface area contributed by atoms with Gasteiger partial charge in [0.1, 0.15) is 17.9 Å². The molecule has 0 bridgehead atoms. The number of hydrogen-bond acceptors (Lipinski definition) is 3. The van der Waals surface area contributed by atoms with Crippen LogP contribution in [0.15, 0.2) is 57.7 Å². The molecular formula is C22H24FN2O2+. The highest BCUT2D eigenvalue weighted by atomic mass is 19.1. The SMILES string of the molecule is CCc1ccc2oc(=O)cc(C[NH+]3CCN(c4ccccc4F)CC3)c2c1. The Balaban J connectivity index is 1.52. The summed E-state index contributed by atoms with van der Waals surface area (Å²) in [5.41, 5.74) is 3.29. The summed E-state index contributed by atoms with van der Waals surface area (Å²) in [5.74, 6) is -0.167. The van der Waals surface area contributed by atoms with Crippen LogP contribution >= 0.6 is 0 Å². The summed E-state index contributed by atoms with van der Waals surface area (Å²) in [4.78, 5) is 15.5. The second-order valence-electron chi connectivity index (χ2n) is 7.14. The van der Waals surface area contributed by atoms with E-state index < -0.39 is 0 Å². The summed E-state index contributed by atoms with van der Waals surface area (Å²) in [6.07, 6.45) is 0.947. The second-order valence-corrected chi connectivity index (χ2v) is 7.14. The first-order valence-electron chi connectivity index (χ1n) is 9.53. The Bertz CT molecular complexity index is 1010. The Morgan fingerprint density at radius 2 is 1.89 bits per heavy atom.